The molecule has 176 valence electrons. The van der Waals surface area contributed by atoms with Crippen LogP contribution in [0.3, 0.4) is 0 Å². The molecule has 0 spiro atoms. The molecule has 1 saturated heterocycles. The number of aryl methyl sites for hydroxylation is 3. The third kappa shape index (κ3) is 5.62. The van der Waals surface area contributed by atoms with Gasteiger partial charge in [0.15, 0.2) is 0 Å². The average Bonchev–Trinajstić information content (AvgIpc) is 3.25. The van der Waals surface area contributed by atoms with E-state index in [1.54, 1.807) is 6.20 Å². The van der Waals surface area contributed by atoms with Gasteiger partial charge in [0.2, 0.25) is 0 Å². The molecule has 0 bridgehead atoms. The van der Waals surface area contributed by atoms with Gasteiger partial charge < -0.3 is 10.2 Å². The molecular formula is C27H37N5O. The van der Waals surface area contributed by atoms with Gasteiger partial charge in [-0.05, 0) is 56.4 Å². The Hall–Kier alpha value is -3.15. The Balaban J connectivity index is 0.00000149. The van der Waals surface area contributed by atoms with E-state index in [1.807, 2.05) is 69.9 Å². The first-order valence-corrected chi connectivity index (χ1v) is 12.0. The molecule has 0 radical (unpaired) electrons. The highest BCUT2D eigenvalue weighted by Gasteiger charge is 2.33. The molecule has 3 aromatic rings. The van der Waals surface area contributed by atoms with Crippen LogP contribution in [0.1, 0.15) is 55.1 Å². The average molecular weight is 448 g/mol. The molecule has 1 aliphatic rings. The number of carbonyl (C=O) groups excluding carboxylic acids is 1. The Morgan fingerprint density at radius 3 is 2.55 bits per heavy atom. The molecular weight excluding hydrogens is 410 g/mol. The fourth-order valence-electron chi connectivity index (χ4n) is 4.45. The minimum atomic E-state index is 0.0927. The minimum absolute atomic E-state index is 0.0927. The van der Waals surface area contributed by atoms with Crippen LogP contribution in [0.4, 0.5) is 5.82 Å². The molecule has 1 aromatic carbocycles. The summed E-state index contributed by atoms with van der Waals surface area (Å²) >= 11 is 0. The van der Waals surface area contributed by atoms with Crippen LogP contribution in [-0.4, -0.2) is 44.7 Å². The highest BCUT2D eigenvalue weighted by Crippen LogP contribution is 2.30. The quantitative estimate of drug-likeness (QED) is 0.563. The summed E-state index contributed by atoms with van der Waals surface area (Å²) < 4.78 is 1.82. The molecule has 0 aliphatic carbocycles. The number of piperidine rings is 1. The van der Waals surface area contributed by atoms with Gasteiger partial charge in [-0.1, -0.05) is 44.5 Å². The lowest BCUT2D eigenvalue weighted by Gasteiger charge is -2.40. The molecule has 6 nitrogen and oxygen atoms in total. The fourth-order valence-corrected chi connectivity index (χ4v) is 4.45. The summed E-state index contributed by atoms with van der Waals surface area (Å²) in [4.78, 5) is 20.4. The number of anilines is 1. The van der Waals surface area contributed by atoms with Gasteiger partial charge in [0.25, 0.3) is 5.91 Å². The molecule has 0 unspecified atom stereocenters. The monoisotopic (exact) mass is 447 g/mol. The van der Waals surface area contributed by atoms with Crippen molar-refractivity contribution in [3.63, 3.8) is 0 Å². The highest BCUT2D eigenvalue weighted by atomic mass is 16.2. The third-order valence-corrected chi connectivity index (χ3v) is 6.28. The normalized spacial score (nSPS) is 17.8. The SMILES string of the molecule is CC.Cc1ccc(NC[C@@H]2[C@H](C)CCCN2C(=O)c2cc(C)ccc2-c2ccnn2C)nc1. The standard InChI is InChI=1S/C25H31N5O.C2H6/c1-17-7-9-20(22-11-12-28-29(22)4)21(14-17)25(31)30-13-5-6-19(3)23(30)16-27-24-10-8-18(2)15-26-24;1-2/h7-12,14-15,19,23H,5-6,13,16H2,1-4H3,(H,26,27);1-2H3/t19-,23-;/m1./s1. The summed E-state index contributed by atoms with van der Waals surface area (Å²) in [5.74, 6) is 1.36. The van der Waals surface area contributed by atoms with E-state index in [2.05, 4.69) is 39.4 Å². The van der Waals surface area contributed by atoms with Crippen molar-refractivity contribution in [1.82, 2.24) is 19.7 Å². The first-order chi connectivity index (χ1) is 15.9. The van der Waals surface area contributed by atoms with Gasteiger partial charge in [-0.15, -0.1) is 0 Å². The molecule has 1 fully saturated rings. The van der Waals surface area contributed by atoms with Crippen molar-refractivity contribution in [3.8, 4) is 11.3 Å². The number of pyridine rings is 1. The number of hydrogen-bond donors (Lipinski definition) is 1. The summed E-state index contributed by atoms with van der Waals surface area (Å²) in [5.41, 5.74) is 4.84. The van der Waals surface area contributed by atoms with Crippen LogP contribution in [0.2, 0.25) is 0 Å². The first kappa shape index (κ1) is 24.5. The van der Waals surface area contributed by atoms with Gasteiger partial charge in [-0.3, -0.25) is 9.48 Å². The number of aromatic nitrogens is 3. The smallest absolute Gasteiger partial charge is 0.254 e. The number of nitrogens with one attached hydrogen (secondary N) is 1. The maximum atomic E-state index is 13.8. The van der Waals surface area contributed by atoms with E-state index >= 15 is 0 Å². The van der Waals surface area contributed by atoms with Crippen molar-refractivity contribution >= 4 is 11.7 Å². The van der Waals surface area contributed by atoms with Crippen LogP contribution in [0, 0.1) is 19.8 Å². The molecule has 33 heavy (non-hydrogen) atoms. The van der Waals surface area contributed by atoms with E-state index < -0.39 is 0 Å². The Kier molecular flexibility index (Phi) is 8.26. The number of carbonyl (C=O) groups is 1. The Bertz CT molecular complexity index is 1060. The second kappa shape index (κ2) is 11.1. The van der Waals surface area contributed by atoms with Crippen LogP contribution < -0.4 is 5.32 Å². The molecule has 1 amide bonds. The predicted octanol–water partition coefficient (Wildman–Crippen LogP) is 5.48. The van der Waals surface area contributed by atoms with Crippen LogP contribution in [0.15, 0.2) is 48.8 Å². The maximum absolute atomic E-state index is 13.8. The van der Waals surface area contributed by atoms with Crippen LogP contribution in [0.5, 0.6) is 0 Å². The second-order valence-corrected chi connectivity index (χ2v) is 8.68. The van der Waals surface area contributed by atoms with Gasteiger partial charge in [0.1, 0.15) is 5.82 Å². The molecule has 6 heteroatoms. The Morgan fingerprint density at radius 1 is 1.12 bits per heavy atom. The lowest BCUT2D eigenvalue weighted by molar-refractivity contribution is 0.0540. The summed E-state index contributed by atoms with van der Waals surface area (Å²) in [7, 11) is 1.91. The number of amides is 1. The second-order valence-electron chi connectivity index (χ2n) is 8.68. The van der Waals surface area contributed by atoms with Crippen LogP contribution in [0.25, 0.3) is 11.3 Å². The van der Waals surface area contributed by atoms with E-state index in [4.69, 9.17) is 0 Å². The first-order valence-electron chi connectivity index (χ1n) is 12.0. The summed E-state index contributed by atoms with van der Waals surface area (Å²) in [5, 5.41) is 7.75. The van der Waals surface area contributed by atoms with Crippen LogP contribution in [-0.2, 0) is 7.05 Å². The third-order valence-electron chi connectivity index (χ3n) is 6.28. The molecule has 1 N–H and O–H groups in total. The summed E-state index contributed by atoms with van der Waals surface area (Å²) in [6, 6.07) is 12.2. The molecule has 3 heterocycles. The van der Waals surface area contributed by atoms with Gasteiger partial charge in [-0.2, -0.15) is 5.10 Å². The molecule has 4 rings (SSSR count). The van der Waals surface area contributed by atoms with Gasteiger partial charge in [0, 0.05) is 43.7 Å². The topological polar surface area (TPSA) is 63.1 Å². The predicted molar refractivity (Wildman–Crippen MR) is 135 cm³/mol. The van der Waals surface area contributed by atoms with Gasteiger partial charge in [0.05, 0.1) is 11.7 Å². The zero-order valence-corrected chi connectivity index (χ0v) is 20.8. The molecule has 0 saturated carbocycles. The zero-order valence-electron chi connectivity index (χ0n) is 20.8. The maximum Gasteiger partial charge on any atom is 0.254 e. The van der Waals surface area contributed by atoms with Gasteiger partial charge in [-0.25, -0.2) is 4.98 Å². The van der Waals surface area contributed by atoms with E-state index in [-0.39, 0.29) is 11.9 Å². The lowest BCUT2D eigenvalue weighted by atomic mass is 9.89. The number of benzene rings is 1. The lowest BCUT2D eigenvalue weighted by Crippen LogP contribution is -2.51. The molecule has 2 atom stereocenters. The number of nitrogens with zero attached hydrogens (tertiary/aromatic N) is 4. The highest BCUT2D eigenvalue weighted by molar-refractivity contribution is 6.01. The van der Waals surface area contributed by atoms with Crippen LogP contribution >= 0.6 is 0 Å². The van der Waals surface area contributed by atoms with E-state index in [0.717, 1.165) is 53.2 Å². The van der Waals surface area contributed by atoms with Crippen molar-refractivity contribution in [3.05, 3.63) is 65.5 Å². The van der Waals surface area contributed by atoms with Crippen molar-refractivity contribution in [2.24, 2.45) is 13.0 Å². The van der Waals surface area contributed by atoms with Gasteiger partial charge >= 0.3 is 0 Å². The zero-order chi connectivity index (χ0) is 24.0. The summed E-state index contributed by atoms with van der Waals surface area (Å²) in [6.45, 7) is 11.8. The number of rotatable bonds is 5. The number of hydrogen-bond acceptors (Lipinski definition) is 4. The van der Waals surface area contributed by atoms with Crippen molar-refractivity contribution < 1.29 is 4.79 Å². The number of likely N-dealkylation sites (tertiary alicyclic amines) is 1. The van der Waals surface area contributed by atoms with Crippen molar-refractivity contribution in [2.75, 3.05) is 18.4 Å². The summed E-state index contributed by atoms with van der Waals surface area (Å²) in [6.07, 6.45) is 5.79. The van der Waals surface area contributed by atoms with Crippen molar-refractivity contribution in [1.29, 1.82) is 0 Å². The minimum Gasteiger partial charge on any atom is -0.368 e. The Morgan fingerprint density at radius 2 is 1.88 bits per heavy atom. The van der Waals surface area contributed by atoms with E-state index in [1.165, 1.54) is 0 Å². The Labute approximate surface area is 198 Å². The fraction of sp³-hybridized carbons (Fsp3) is 0.444. The van der Waals surface area contributed by atoms with E-state index in [0.29, 0.717) is 12.5 Å². The van der Waals surface area contributed by atoms with E-state index in [9.17, 15) is 4.79 Å². The molecule has 2 aromatic heterocycles. The largest absolute Gasteiger partial charge is 0.368 e. The van der Waals surface area contributed by atoms with Crippen molar-refractivity contribution in [2.45, 2.75) is 53.5 Å². The molecule has 1 aliphatic heterocycles.